The number of pyridine rings is 1. The van der Waals surface area contributed by atoms with Gasteiger partial charge in [0.15, 0.2) is 0 Å². The van der Waals surface area contributed by atoms with E-state index in [1.165, 1.54) is 0 Å². The molecule has 0 aliphatic rings. The monoisotopic (exact) mass is 257 g/mol. The van der Waals surface area contributed by atoms with E-state index in [9.17, 15) is 4.79 Å². The molecule has 0 saturated heterocycles. The summed E-state index contributed by atoms with van der Waals surface area (Å²) < 4.78 is 6.81. The van der Waals surface area contributed by atoms with Gasteiger partial charge in [-0.1, -0.05) is 12.1 Å². The Morgan fingerprint density at radius 1 is 1.42 bits per heavy atom. The van der Waals surface area contributed by atoms with Crippen molar-refractivity contribution in [3.05, 3.63) is 23.9 Å². The highest BCUT2D eigenvalue weighted by Gasteiger charge is 2.19. The van der Waals surface area contributed by atoms with Crippen molar-refractivity contribution in [1.29, 1.82) is 0 Å². The summed E-state index contributed by atoms with van der Waals surface area (Å²) in [7, 11) is 5.83. The number of aryl methyl sites for hydroxylation is 1. The van der Waals surface area contributed by atoms with Crippen LogP contribution in [0.5, 0.6) is 0 Å². The van der Waals surface area contributed by atoms with Crippen LogP contribution in [-0.2, 0) is 4.74 Å². The summed E-state index contributed by atoms with van der Waals surface area (Å²) in [6.45, 7) is 7.24. The smallest absolute Gasteiger partial charge is 0.412 e. The Bertz CT molecular complexity index is 629. The number of carbonyl (C=O) groups is 1. The molecule has 98 valence electrons. The molecule has 0 aliphatic heterocycles. The van der Waals surface area contributed by atoms with Crippen LogP contribution in [-0.4, -0.2) is 29.2 Å². The second-order valence-electron chi connectivity index (χ2n) is 5.33. The molecule has 1 amide bonds. The van der Waals surface area contributed by atoms with Crippen molar-refractivity contribution in [1.82, 2.24) is 9.61 Å². The molecular weight excluding hydrogens is 241 g/mol. The van der Waals surface area contributed by atoms with Crippen LogP contribution in [0.15, 0.2) is 18.2 Å². The van der Waals surface area contributed by atoms with Gasteiger partial charge in [-0.2, -0.15) is 5.10 Å². The topological polar surface area (TPSA) is 55.6 Å². The number of fused-ring (bicyclic) bond motifs is 1. The zero-order chi connectivity index (χ0) is 14.2. The molecule has 19 heavy (non-hydrogen) atoms. The number of amides is 1. The Labute approximate surface area is 113 Å². The number of nitrogens with zero attached hydrogens (tertiary/aromatic N) is 2. The van der Waals surface area contributed by atoms with Crippen molar-refractivity contribution < 1.29 is 9.53 Å². The van der Waals surface area contributed by atoms with Gasteiger partial charge in [-0.25, -0.2) is 9.31 Å². The molecule has 0 bridgehead atoms. The quantitative estimate of drug-likeness (QED) is 0.792. The van der Waals surface area contributed by atoms with Crippen molar-refractivity contribution in [2.45, 2.75) is 33.3 Å². The molecule has 0 aromatic carbocycles. The van der Waals surface area contributed by atoms with Gasteiger partial charge in [-0.15, -0.1) is 0 Å². The van der Waals surface area contributed by atoms with Crippen LogP contribution in [0.2, 0.25) is 0 Å². The molecule has 2 rings (SSSR count). The van der Waals surface area contributed by atoms with E-state index in [0.717, 1.165) is 5.52 Å². The van der Waals surface area contributed by atoms with E-state index in [1.807, 2.05) is 32.9 Å². The van der Waals surface area contributed by atoms with E-state index in [-0.39, 0.29) is 0 Å². The first-order chi connectivity index (χ1) is 8.78. The first-order valence-corrected chi connectivity index (χ1v) is 6.02. The second-order valence-corrected chi connectivity index (χ2v) is 5.33. The Balaban J connectivity index is 2.33. The van der Waals surface area contributed by atoms with Crippen LogP contribution in [0.1, 0.15) is 26.5 Å². The molecule has 2 heterocycles. The minimum Gasteiger partial charge on any atom is -0.444 e. The molecule has 0 atom stereocenters. The van der Waals surface area contributed by atoms with Gasteiger partial charge in [-0.3, -0.25) is 5.32 Å². The summed E-state index contributed by atoms with van der Waals surface area (Å²) in [4.78, 5) is 11.8. The third-order valence-electron chi connectivity index (χ3n) is 2.49. The maximum absolute atomic E-state index is 11.8. The third kappa shape index (κ3) is 2.89. The number of hydrogen-bond donors (Lipinski definition) is 1. The first-order valence-electron chi connectivity index (χ1n) is 6.02. The summed E-state index contributed by atoms with van der Waals surface area (Å²) in [5.74, 6) is 0. The van der Waals surface area contributed by atoms with Crippen molar-refractivity contribution >= 4 is 30.7 Å². The maximum Gasteiger partial charge on any atom is 0.412 e. The molecule has 6 heteroatoms. The first kappa shape index (κ1) is 13.5. The van der Waals surface area contributed by atoms with Crippen molar-refractivity contribution in [2.75, 3.05) is 5.32 Å². The molecule has 0 fully saturated rings. The van der Waals surface area contributed by atoms with Crippen LogP contribution in [0, 0.1) is 6.92 Å². The average molecular weight is 257 g/mol. The normalized spacial score (nSPS) is 11.6. The highest BCUT2D eigenvalue weighted by atomic mass is 16.6. The number of hydrogen-bond acceptors (Lipinski definition) is 3. The Morgan fingerprint density at radius 2 is 2.11 bits per heavy atom. The third-order valence-corrected chi connectivity index (χ3v) is 2.49. The second kappa shape index (κ2) is 4.61. The van der Waals surface area contributed by atoms with E-state index in [2.05, 4.69) is 10.4 Å². The standard InChI is InChI=1S/C13H16BN3O2/c1-8-11(15-12(18)19-13(2,3)4)9-6-5-7-10(14)17(9)16-8/h5-7H,1-4H3,(H,15,18). The van der Waals surface area contributed by atoms with E-state index in [4.69, 9.17) is 12.6 Å². The summed E-state index contributed by atoms with van der Waals surface area (Å²) in [6.07, 6.45) is -0.507. The molecule has 5 nitrogen and oxygen atoms in total. The molecule has 2 radical (unpaired) electrons. The fourth-order valence-corrected chi connectivity index (χ4v) is 1.76. The van der Waals surface area contributed by atoms with Crippen molar-refractivity contribution in [3.63, 3.8) is 0 Å². The van der Waals surface area contributed by atoms with Crippen LogP contribution in [0.4, 0.5) is 10.5 Å². The van der Waals surface area contributed by atoms with Crippen molar-refractivity contribution in [3.8, 4) is 0 Å². The molecule has 0 saturated carbocycles. The van der Waals surface area contributed by atoms with Gasteiger partial charge in [-0.05, 0) is 39.4 Å². The summed E-state index contributed by atoms with van der Waals surface area (Å²) in [5, 5.41) is 7.00. The zero-order valence-electron chi connectivity index (χ0n) is 11.5. The van der Waals surface area contributed by atoms with Gasteiger partial charge in [0.2, 0.25) is 0 Å². The SMILES string of the molecule is [B]c1cccc2c(NC(=O)OC(C)(C)C)c(C)nn12. The molecule has 0 spiro atoms. The maximum atomic E-state index is 11.8. The van der Waals surface area contributed by atoms with E-state index >= 15 is 0 Å². The predicted octanol–water partition coefficient (Wildman–Crippen LogP) is 1.78. The van der Waals surface area contributed by atoms with Crippen LogP contribution >= 0.6 is 0 Å². The van der Waals surface area contributed by atoms with Gasteiger partial charge in [0.1, 0.15) is 13.4 Å². The minimum absolute atomic E-state index is 0.507. The zero-order valence-corrected chi connectivity index (χ0v) is 11.5. The van der Waals surface area contributed by atoms with Gasteiger partial charge in [0, 0.05) is 0 Å². The van der Waals surface area contributed by atoms with E-state index < -0.39 is 11.7 Å². The number of rotatable bonds is 1. The number of nitrogens with one attached hydrogen (secondary N) is 1. The molecule has 0 unspecified atom stereocenters. The summed E-state index contributed by atoms with van der Waals surface area (Å²) in [6, 6.07) is 5.39. The highest BCUT2D eigenvalue weighted by Crippen LogP contribution is 2.21. The highest BCUT2D eigenvalue weighted by molar-refractivity contribution is 6.31. The van der Waals surface area contributed by atoms with E-state index in [1.54, 1.807) is 17.5 Å². The van der Waals surface area contributed by atoms with Gasteiger partial charge in [0.25, 0.3) is 0 Å². The molecule has 1 N–H and O–H groups in total. The fourth-order valence-electron chi connectivity index (χ4n) is 1.76. The van der Waals surface area contributed by atoms with Crippen molar-refractivity contribution in [2.24, 2.45) is 0 Å². The number of aromatic nitrogens is 2. The predicted molar refractivity (Wildman–Crippen MR) is 75.2 cm³/mol. The van der Waals surface area contributed by atoms with Gasteiger partial charge < -0.3 is 4.74 Å². The lowest BCUT2D eigenvalue weighted by Crippen LogP contribution is -2.27. The van der Waals surface area contributed by atoms with Gasteiger partial charge >= 0.3 is 6.09 Å². The molecule has 0 aliphatic carbocycles. The fraction of sp³-hybridized carbons (Fsp3) is 0.385. The average Bonchev–Trinajstić information content (AvgIpc) is 2.55. The summed E-state index contributed by atoms with van der Waals surface area (Å²) in [5.41, 5.74) is 2.01. The minimum atomic E-state index is -0.542. The Morgan fingerprint density at radius 3 is 2.74 bits per heavy atom. The number of anilines is 1. The molecular formula is C13H16BN3O2. The van der Waals surface area contributed by atoms with E-state index in [0.29, 0.717) is 17.0 Å². The van der Waals surface area contributed by atoms with Crippen LogP contribution in [0.3, 0.4) is 0 Å². The Kier molecular flexibility index (Phi) is 3.26. The summed E-state index contributed by atoms with van der Waals surface area (Å²) >= 11 is 0. The lowest BCUT2D eigenvalue weighted by Gasteiger charge is -2.19. The van der Waals surface area contributed by atoms with Crippen LogP contribution in [0.25, 0.3) is 5.52 Å². The largest absolute Gasteiger partial charge is 0.444 e. The molecule has 2 aromatic rings. The van der Waals surface area contributed by atoms with Gasteiger partial charge in [0.05, 0.1) is 16.9 Å². The lowest BCUT2D eigenvalue weighted by molar-refractivity contribution is 0.0636. The molecule has 2 aromatic heterocycles. The lowest BCUT2D eigenvalue weighted by atomic mass is 10.0. The number of carbonyl (C=O) groups excluding carboxylic acids is 1. The Hall–Kier alpha value is -1.98. The number of ether oxygens (including phenoxy) is 1. The van der Waals surface area contributed by atoms with Crippen LogP contribution < -0.4 is 10.9 Å².